The first kappa shape index (κ1) is 47.2. The number of ether oxygens (including phenoxy) is 2. The number of fused-ring (bicyclic) bond motifs is 6. The van der Waals surface area contributed by atoms with Crippen molar-refractivity contribution in [1.29, 1.82) is 0 Å². The molecule has 7 aliphatic heterocycles. The van der Waals surface area contributed by atoms with Crippen molar-refractivity contribution in [2.75, 3.05) is 26.2 Å². The fourth-order valence-electron chi connectivity index (χ4n) is 16.3. The average molecular weight is 991 g/mol. The Bertz CT molecular complexity index is 2490. The van der Waals surface area contributed by atoms with Crippen LogP contribution in [0, 0.1) is 58.2 Å². The number of nitrogens with zero attached hydrogens (tertiary/aromatic N) is 1. The van der Waals surface area contributed by atoms with Gasteiger partial charge in [0.2, 0.25) is 0 Å². The molecule has 1 spiro atoms. The number of amides is 2. The molecule has 0 aromatic rings. The molecular formula is C56H70N4O8S2. The van der Waals surface area contributed by atoms with Gasteiger partial charge in [-0.2, -0.15) is 0 Å². The molecule has 2 amide bonds. The Labute approximate surface area is 420 Å². The lowest BCUT2D eigenvalue weighted by Gasteiger charge is -2.58. The summed E-state index contributed by atoms with van der Waals surface area (Å²) in [5.41, 5.74) is 5.90. The summed E-state index contributed by atoms with van der Waals surface area (Å²) >= 11 is 0. The predicted octanol–water partition coefficient (Wildman–Crippen LogP) is 8.30. The molecule has 0 aromatic heterocycles. The summed E-state index contributed by atoms with van der Waals surface area (Å²) in [6.07, 6.45) is 27.6. The molecule has 1 saturated heterocycles. The summed E-state index contributed by atoms with van der Waals surface area (Å²) in [5, 5.41) is 31.5. The molecule has 7 aliphatic carbocycles. The number of esters is 2. The van der Waals surface area contributed by atoms with Crippen molar-refractivity contribution in [1.82, 2.24) is 20.9 Å². The lowest BCUT2D eigenvalue weighted by atomic mass is 9.42. The normalized spacial score (nSPS) is 37.6. The summed E-state index contributed by atoms with van der Waals surface area (Å²) in [4.78, 5) is 59.2. The van der Waals surface area contributed by atoms with Crippen LogP contribution in [0.5, 0.6) is 0 Å². The van der Waals surface area contributed by atoms with Crippen LogP contribution in [0.25, 0.3) is 0 Å². The highest BCUT2D eigenvalue weighted by atomic mass is 33.1. The van der Waals surface area contributed by atoms with Gasteiger partial charge in [-0.05, 0) is 154 Å². The number of carbonyl (C=O) groups excluding carboxylic acids is 4. The molecule has 0 radical (unpaired) electrons. The Balaban J connectivity index is 1.06. The third kappa shape index (κ3) is 7.55. The van der Waals surface area contributed by atoms with E-state index >= 15 is 9.59 Å². The van der Waals surface area contributed by atoms with Gasteiger partial charge in [-0.15, -0.1) is 0 Å². The Morgan fingerprint density at radius 3 is 2.49 bits per heavy atom. The molecule has 9 bridgehead atoms. The van der Waals surface area contributed by atoms with E-state index in [9.17, 15) is 19.8 Å². The molecule has 0 aromatic carbocycles. The first-order valence-electron chi connectivity index (χ1n) is 26.9. The summed E-state index contributed by atoms with van der Waals surface area (Å²) in [7, 11) is 3.57. The van der Waals surface area contributed by atoms with Crippen molar-refractivity contribution >= 4 is 45.3 Å². The molecule has 4 fully saturated rings. The van der Waals surface area contributed by atoms with E-state index < -0.39 is 17.4 Å². The van der Waals surface area contributed by atoms with E-state index in [-0.39, 0.29) is 82.7 Å². The monoisotopic (exact) mass is 990 g/mol. The molecule has 5 N–H and O–H groups in total. The Morgan fingerprint density at radius 2 is 1.73 bits per heavy atom. The van der Waals surface area contributed by atoms with Crippen LogP contribution in [-0.2, 0) is 28.7 Å². The highest BCUT2D eigenvalue weighted by Gasteiger charge is 2.70. The SMILES string of the molecule is CCC1(C2=C3OC(=O)C4=C3C(CC2)CC2C3CCC5(C6=CCC(C7CCC(CCCO)CC7)C(NCC(C)O)SSC7C=CC8=C(NCC=C8C(CN8C(=O)C=CC8=O)C3=C5C(=O)O6)N7)C42)CCCC1. The number of aliphatic hydroxyl groups excluding tert-OH is 2. The molecule has 14 heteroatoms. The number of aliphatic hydroxyl groups is 2. The van der Waals surface area contributed by atoms with Crippen LogP contribution in [0.2, 0.25) is 0 Å². The largest absolute Gasteiger partial charge is 0.427 e. The molecule has 14 rings (SSSR count). The van der Waals surface area contributed by atoms with Crippen molar-refractivity contribution < 1.29 is 38.9 Å². The summed E-state index contributed by atoms with van der Waals surface area (Å²) in [5.74, 6) is 1.42. The zero-order chi connectivity index (χ0) is 48.1. The first-order chi connectivity index (χ1) is 34.0. The van der Waals surface area contributed by atoms with Gasteiger partial charge in [0, 0.05) is 66.9 Å². The second-order valence-electron chi connectivity index (χ2n) is 22.7. The van der Waals surface area contributed by atoms with Crippen LogP contribution in [0.3, 0.4) is 0 Å². The number of allylic oxidation sites excluding steroid dienone is 6. The van der Waals surface area contributed by atoms with E-state index in [1.165, 1.54) is 35.5 Å². The maximum absolute atomic E-state index is 15.5. The minimum absolute atomic E-state index is 0.0104. The van der Waals surface area contributed by atoms with Gasteiger partial charge in [0.15, 0.2) is 0 Å². The van der Waals surface area contributed by atoms with Crippen LogP contribution < -0.4 is 16.0 Å². The number of rotatable bonds is 11. The standard InChI is InChI=1S/C56H70N4O8S2/c1-3-55(22-4-5-23-55)40-15-12-33-27-38-36-20-24-56(48(38)47-45(33)50(40)68-53(47)65)41-16-13-34(32-10-8-31(9-11-32)7-6-26-61)52(58-28-30(2)62)70-69-42-17-14-37-35(21-25-57-51(37)59-42)39(46(36)49(56)54(66)67-41)29-60-43(63)18-19-44(60)64/h14,16-19,21,30-34,36,38-39,42,48,52,57-59,61-62H,3-13,15,20,22-29H2,1-2H3. The number of hydrogen-bond acceptors (Lipinski definition) is 13. The number of hydrogen-bond donors (Lipinski definition) is 5. The van der Waals surface area contributed by atoms with Gasteiger partial charge >= 0.3 is 11.9 Å². The van der Waals surface area contributed by atoms with E-state index in [0.717, 1.165) is 123 Å². The molecule has 12 nitrogen and oxygen atoms in total. The lowest BCUT2D eigenvalue weighted by Crippen LogP contribution is -2.55. The number of carbonyl (C=O) groups is 4. The van der Waals surface area contributed by atoms with Crippen LogP contribution >= 0.6 is 21.6 Å². The van der Waals surface area contributed by atoms with Crippen LogP contribution in [0.15, 0.2) is 92.8 Å². The van der Waals surface area contributed by atoms with Gasteiger partial charge < -0.3 is 35.6 Å². The number of dihydropyridines is 2. The molecule has 374 valence electrons. The molecule has 70 heavy (non-hydrogen) atoms. The molecule has 10 atom stereocenters. The van der Waals surface area contributed by atoms with E-state index in [2.05, 4.69) is 47.2 Å². The fraction of sp³-hybridized carbons (Fsp3) is 0.643. The highest BCUT2D eigenvalue weighted by Crippen LogP contribution is 2.73. The van der Waals surface area contributed by atoms with Crippen LogP contribution in [0.4, 0.5) is 0 Å². The van der Waals surface area contributed by atoms with Gasteiger partial charge in [-0.25, -0.2) is 9.59 Å². The Kier molecular flexibility index (Phi) is 12.5. The maximum Gasteiger partial charge on any atom is 0.340 e. The quantitative estimate of drug-likeness (QED) is 0.0763. The number of nitrogens with one attached hydrogen (secondary N) is 3. The van der Waals surface area contributed by atoms with Crippen molar-refractivity contribution in [3.63, 3.8) is 0 Å². The minimum Gasteiger partial charge on any atom is -0.427 e. The smallest absolute Gasteiger partial charge is 0.340 e. The van der Waals surface area contributed by atoms with Gasteiger partial charge in [0.05, 0.1) is 22.5 Å². The zero-order valence-electron chi connectivity index (χ0n) is 40.8. The molecular weight excluding hydrogens is 921 g/mol. The summed E-state index contributed by atoms with van der Waals surface area (Å²) in [6.45, 7) is 5.40. The lowest BCUT2D eigenvalue weighted by molar-refractivity contribution is -0.138. The van der Waals surface area contributed by atoms with Crippen molar-refractivity contribution in [3.8, 4) is 0 Å². The first-order valence-corrected chi connectivity index (χ1v) is 29.2. The topological polar surface area (TPSA) is 167 Å². The highest BCUT2D eigenvalue weighted by molar-refractivity contribution is 8.77. The summed E-state index contributed by atoms with van der Waals surface area (Å²) in [6, 6.07) is 0. The zero-order valence-corrected chi connectivity index (χ0v) is 42.4. The van der Waals surface area contributed by atoms with Crippen molar-refractivity contribution in [2.45, 2.75) is 140 Å². The van der Waals surface area contributed by atoms with Gasteiger partial charge in [0.1, 0.15) is 22.7 Å². The van der Waals surface area contributed by atoms with E-state index in [0.29, 0.717) is 49.1 Å². The molecule has 10 unspecified atom stereocenters. The van der Waals surface area contributed by atoms with Gasteiger partial charge in [-0.1, -0.05) is 72.4 Å². The minimum atomic E-state index is -0.943. The third-order valence-corrected chi connectivity index (χ3v) is 22.4. The second-order valence-corrected chi connectivity index (χ2v) is 25.3. The fourth-order valence-corrected chi connectivity index (χ4v) is 19.2. The summed E-state index contributed by atoms with van der Waals surface area (Å²) < 4.78 is 13.5. The van der Waals surface area contributed by atoms with E-state index in [1.807, 2.05) is 6.92 Å². The van der Waals surface area contributed by atoms with Crippen molar-refractivity contribution in [2.24, 2.45) is 58.2 Å². The van der Waals surface area contributed by atoms with Gasteiger partial charge in [0.25, 0.3) is 11.8 Å². The van der Waals surface area contributed by atoms with Crippen LogP contribution in [0.1, 0.15) is 123 Å². The van der Waals surface area contributed by atoms with Crippen molar-refractivity contribution in [3.05, 3.63) is 92.8 Å². The average Bonchev–Trinajstić information content (AvgIpc) is 4.15. The Hall–Kier alpha value is -3.82. The predicted molar refractivity (Wildman–Crippen MR) is 269 cm³/mol. The van der Waals surface area contributed by atoms with Crippen LogP contribution in [-0.4, -0.2) is 82.0 Å². The third-order valence-electron chi connectivity index (χ3n) is 19.5. The Morgan fingerprint density at radius 1 is 0.929 bits per heavy atom. The van der Waals surface area contributed by atoms with E-state index in [1.54, 1.807) is 21.6 Å². The second kappa shape index (κ2) is 18.6. The molecule has 7 heterocycles. The molecule has 14 aliphatic rings. The van der Waals surface area contributed by atoms with E-state index in [4.69, 9.17) is 9.47 Å². The van der Waals surface area contributed by atoms with Gasteiger partial charge in [-0.3, -0.25) is 14.5 Å². The number of imide groups is 1. The maximum atomic E-state index is 15.5. The molecule has 3 saturated carbocycles.